The fourth-order valence-corrected chi connectivity index (χ4v) is 1.89. The van der Waals surface area contributed by atoms with Gasteiger partial charge in [-0.15, -0.1) is 5.10 Å². The molecule has 9 heteroatoms. The minimum absolute atomic E-state index is 0.0460. The number of piperazine rings is 1. The van der Waals surface area contributed by atoms with Gasteiger partial charge in [0.15, 0.2) is 0 Å². The Morgan fingerprint density at radius 2 is 2.28 bits per heavy atom. The Morgan fingerprint density at radius 1 is 1.50 bits per heavy atom. The number of aromatic nitrogens is 3. The van der Waals surface area contributed by atoms with Crippen LogP contribution in [0, 0.1) is 0 Å². The highest BCUT2D eigenvalue weighted by molar-refractivity contribution is 5.85. The van der Waals surface area contributed by atoms with Crippen LogP contribution in [0.4, 0.5) is 5.82 Å². The van der Waals surface area contributed by atoms with Gasteiger partial charge in [-0.3, -0.25) is 14.6 Å². The van der Waals surface area contributed by atoms with Gasteiger partial charge in [0.1, 0.15) is 6.04 Å². The largest absolute Gasteiger partial charge is 0.357 e. The molecule has 1 aromatic heterocycles. The molecule has 0 aromatic carbocycles. The van der Waals surface area contributed by atoms with E-state index in [0.717, 1.165) is 0 Å². The number of carbonyl (C=O) groups excluding carboxylic acids is 1. The smallest absolute Gasteiger partial charge is 0.342 e. The van der Waals surface area contributed by atoms with E-state index in [4.69, 9.17) is 0 Å². The predicted octanol–water partition coefficient (Wildman–Crippen LogP) is -3.02. The van der Waals surface area contributed by atoms with Crippen LogP contribution in [0.1, 0.15) is 0 Å². The Balaban J connectivity index is 2.36. The summed E-state index contributed by atoms with van der Waals surface area (Å²) in [7, 11) is 1.53. The van der Waals surface area contributed by atoms with Crippen LogP contribution in [-0.4, -0.2) is 53.8 Å². The molecule has 0 spiro atoms. The van der Waals surface area contributed by atoms with E-state index in [-0.39, 0.29) is 11.7 Å². The van der Waals surface area contributed by atoms with Crippen molar-refractivity contribution < 1.29 is 4.79 Å². The standard InChI is InChI=1S/C9H14N6O3/c1-10-7(16)5-4-11-2-3-15(5)6-8(17)12-9(18)14-13-6/h5,11H,2-4H2,1H3,(H,10,16)(H2,12,14,17,18). The third kappa shape index (κ3) is 2.25. The van der Waals surface area contributed by atoms with Crippen molar-refractivity contribution in [2.75, 3.05) is 31.6 Å². The predicted molar refractivity (Wildman–Crippen MR) is 63.5 cm³/mol. The van der Waals surface area contributed by atoms with Crippen LogP contribution in [0.5, 0.6) is 0 Å². The third-order valence-corrected chi connectivity index (χ3v) is 2.76. The van der Waals surface area contributed by atoms with Gasteiger partial charge < -0.3 is 15.5 Å². The van der Waals surface area contributed by atoms with Gasteiger partial charge in [0.05, 0.1) is 0 Å². The summed E-state index contributed by atoms with van der Waals surface area (Å²) in [5.74, 6) is -0.167. The minimum atomic E-state index is -0.671. The molecule has 1 fully saturated rings. The first-order valence-corrected chi connectivity index (χ1v) is 5.51. The maximum atomic E-state index is 11.7. The number of nitrogens with zero attached hydrogens (tertiary/aromatic N) is 2. The van der Waals surface area contributed by atoms with E-state index >= 15 is 0 Å². The van der Waals surface area contributed by atoms with Gasteiger partial charge in [0, 0.05) is 26.7 Å². The van der Waals surface area contributed by atoms with Gasteiger partial charge >= 0.3 is 5.69 Å². The maximum Gasteiger partial charge on any atom is 0.342 e. The maximum absolute atomic E-state index is 11.7. The summed E-state index contributed by atoms with van der Waals surface area (Å²) >= 11 is 0. The number of hydrogen-bond acceptors (Lipinski definition) is 6. The molecule has 9 nitrogen and oxygen atoms in total. The van der Waals surface area contributed by atoms with Crippen molar-refractivity contribution in [3.05, 3.63) is 20.8 Å². The first-order valence-electron chi connectivity index (χ1n) is 5.51. The average Bonchev–Trinajstić information content (AvgIpc) is 2.38. The van der Waals surface area contributed by atoms with Crippen molar-refractivity contribution in [2.24, 2.45) is 0 Å². The van der Waals surface area contributed by atoms with Crippen LogP contribution in [-0.2, 0) is 4.79 Å². The fraction of sp³-hybridized carbons (Fsp3) is 0.556. The van der Waals surface area contributed by atoms with Crippen LogP contribution in [0.2, 0.25) is 0 Å². The van der Waals surface area contributed by atoms with E-state index in [9.17, 15) is 14.4 Å². The molecule has 0 saturated carbocycles. The van der Waals surface area contributed by atoms with Crippen molar-refractivity contribution in [3.8, 4) is 0 Å². The van der Waals surface area contributed by atoms with E-state index in [1.807, 2.05) is 0 Å². The summed E-state index contributed by atoms with van der Waals surface area (Å²) < 4.78 is 0. The Hall–Kier alpha value is -2.16. The molecule has 1 saturated heterocycles. The summed E-state index contributed by atoms with van der Waals surface area (Å²) in [4.78, 5) is 38.0. The van der Waals surface area contributed by atoms with Gasteiger partial charge in [-0.1, -0.05) is 0 Å². The monoisotopic (exact) mass is 254 g/mol. The number of nitrogens with one attached hydrogen (secondary N) is 4. The van der Waals surface area contributed by atoms with Crippen molar-refractivity contribution in [2.45, 2.75) is 6.04 Å². The Kier molecular flexibility index (Phi) is 3.42. The van der Waals surface area contributed by atoms with E-state index in [1.54, 1.807) is 4.90 Å². The Bertz CT molecular complexity index is 550. The van der Waals surface area contributed by atoms with E-state index in [0.29, 0.717) is 19.6 Å². The number of H-pyrrole nitrogens is 2. The zero-order valence-corrected chi connectivity index (χ0v) is 9.82. The first kappa shape index (κ1) is 12.3. The normalized spacial score (nSPS) is 19.6. The molecule has 1 amide bonds. The summed E-state index contributed by atoms with van der Waals surface area (Å²) in [6, 6.07) is -0.525. The fourth-order valence-electron chi connectivity index (χ4n) is 1.89. The molecule has 1 aliphatic rings. The second-order valence-electron chi connectivity index (χ2n) is 3.86. The first-order chi connectivity index (χ1) is 8.63. The van der Waals surface area contributed by atoms with Gasteiger partial charge in [0.2, 0.25) is 11.7 Å². The quantitative estimate of drug-likeness (QED) is 0.445. The lowest BCUT2D eigenvalue weighted by molar-refractivity contribution is -0.122. The molecule has 0 radical (unpaired) electrons. The summed E-state index contributed by atoms with van der Waals surface area (Å²) in [5.41, 5.74) is -1.27. The zero-order chi connectivity index (χ0) is 13.1. The zero-order valence-electron chi connectivity index (χ0n) is 9.82. The van der Waals surface area contributed by atoms with Crippen molar-refractivity contribution in [3.63, 3.8) is 0 Å². The second kappa shape index (κ2) is 5.00. The highest BCUT2D eigenvalue weighted by Crippen LogP contribution is 2.09. The second-order valence-corrected chi connectivity index (χ2v) is 3.86. The van der Waals surface area contributed by atoms with Crippen molar-refractivity contribution >= 4 is 11.7 Å². The van der Waals surface area contributed by atoms with Crippen LogP contribution >= 0.6 is 0 Å². The van der Waals surface area contributed by atoms with E-state index in [1.165, 1.54) is 7.05 Å². The lowest BCUT2D eigenvalue weighted by atomic mass is 10.2. The highest BCUT2D eigenvalue weighted by atomic mass is 16.2. The summed E-state index contributed by atoms with van der Waals surface area (Å²) in [5, 5.41) is 11.5. The van der Waals surface area contributed by atoms with Crippen LogP contribution < -0.4 is 26.8 Å². The molecular formula is C9H14N6O3. The lowest BCUT2D eigenvalue weighted by Crippen LogP contribution is -2.59. The van der Waals surface area contributed by atoms with Crippen LogP contribution in [0.3, 0.4) is 0 Å². The van der Waals surface area contributed by atoms with Gasteiger partial charge in [-0.2, -0.15) is 0 Å². The van der Waals surface area contributed by atoms with Gasteiger partial charge in [0.25, 0.3) is 5.56 Å². The highest BCUT2D eigenvalue weighted by Gasteiger charge is 2.30. The number of amides is 1. The summed E-state index contributed by atoms with van der Waals surface area (Å²) in [6.07, 6.45) is 0. The lowest BCUT2D eigenvalue weighted by Gasteiger charge is -2.34. The number of aromatic amines is 2. The molecular weight excluding hydrogens is 240 g/mol. The SMILES string of the molecule is CNC(=O)C1CNCCN1c1n[nH]c(=O)[nH]c1=O. The molecule has 18 heavy (non-hydrogen) atoms. The number of likely N-dealkylation sites (N-methyl/N-ethyl adjacent to an activating group) is 1. The molecule has 0 bridgehead atoms. The van der Waals surface area contributed by atoms with Crippen LogP contribution in [0.15, 0.2) is 9.59 Å². The van der Waals surface area contributed by atoms with E-state index in [2.05, 4.69) is 25.8 Å². The van der Waals surface area contributed by atoms with Gasteiger partial charge in [-0.05, 0) is 0 Å². The van der Waals surface area contributed by atoms with Gasteiger partial charge in [-0.25, -0.2) is 9.89 Å². The molecule has 2 rings (SSSR count). The van der Waals surface area contributed by atoms with E-state index < -0.39 is 17.3 Å². The average molecular weight is 254 g/mol. The molecule has 4 N–H and O–H groups in total. The minimum Gasteiger partial charge on any atom is -0.357 e. The molecule has 2 heterocycles. The molecule has 1 atom stereocenters. The van der Waals surface area contributed by atoms with Crippen molar-refractivity contribution in [1.29, 1.82) is 0 Å². The molecule has 98 valence electrons. The number of rotatable bonds is 2. The number of hydrogen-bond donors (Lipinski definition) is 4. The summed E-state index contributed by atoms with van der Waals surface area (Å²) in [6.45, 7) is 1.51. The Morgan fingerprint density at radius 3 is 2.94 bits per heavy atom. The molecule has 1 unspecified atom stereocenters. The molecule has 0 aliphatic carbocycles. The molecule has 1 aromatic rings. The molecule has 1 aliphatic heterocycles. The Labute approximate surface area is 102 Å². The number of anilines is 1. The third-order valence-electron chi connectivity index (χ3n) is 2.76. The van der Waals surface area contributed by atoms with Crippen molar-refractivity contribution in [1.82, 2.24) is 25.8 Å². The topological polar surface area (TPSA) is 123 Å². The van der Waals surface area contributed by atoms with Crippen LogP contribution in [0.25, 0.3) is 0 Å². The number of carbonyl (C=O) groups is 1.